The summed E-state index contributed by atoms with van der Waals surface area (Å²) in [5.74, 6) is 0.505. The van der Waals surface area contributed by atoms with Crippen molar-refractivity contribution in [3.05, 3.63) is 29.6 Å². The number of methoxy groups -OCH3 is 1. The lowest BCUT2D eigenvalue weighted by atomic mass is 9.84. The Hall–Kier alpha value is -0.760. The van der Waals surface area contributed by atoms with Crippen LogP contribution in [0.3, 0.4) is 0 Å². The van der Waals surface area contributed by atoms with E-state index in [0.717, 1.165) is 24.8 Å². The highest BCUT2D eigenvalue weighted by Crippen LogP contribution is 2.31. The molecule has 0 heterocycles. The van der Waals surface area contributed by atoms with Crippen LogP contribution in [0.2, 0.25) is 0 Å². The minimum absolute atomic E-state index is 0.244. The summed E-state index contributed by atoms with van der Waals surface area (Å²) >= 11 is 6.31. The maximum absolute atomic E-state index is 13.5. The van der Waals surface area contributed by atoms with Crippen LogP contribution >= 0.6 is 11.6 Å². The fourth-order valence-electron chi connectivity index (χ4n) is 2.53. The lowest BCUT2D eigenvalue weighted by molar-refractivity contribution is 0.361. The van der Waals surface area contributed by atoms with Gasteiger partial charge in [0.15, 0.2) is 11.6 Å². The van der Waals surface area contributed by atoms with Gasteiger partial charge in [0, 0.05) is 5.38 Å². The van der Waals surface area contributed by atoms with Crippen LogP contribution in [0.25, 0.3) is 0 Å². The van der Waals surface area contributed by atoms with Gasteiger partial charge >= 0.3 is 0 Å². The Morgan fingerprint density at radius 1 is 1.35 bits per heavy atom. The molecule has 1 fully saturated rings. The van der Waals surface area contributed by atoms with Gasteiger partial charge in [-0.3, -0.25) is 0 Å². The van der Waals surface area contributed by atoms with E-state index in [1.54, 1.807) is 12.1 Å². The van der Waals surface area contributed by atoms with E-state index in [0.29, 0.717) is 11.7 Å². The van der Waals surface area contributed by atoms with Gasteiger partial charge in [0.25, 0.3) is 0 Å². The van der Waals surface area contributed by atoms with Crippen molar-refractivity contribution in [3.63, 3.8) is 0 Å². The van der Waals surface area contributed by atoms with E-state index < -0.39 is 0 Å². The number of hydrogen-bond acceptors (Lipinski definition) is 1. The summed E-state index contributed by atoms with van der Waals surface area (Å²) < 4.78 is 18.5. The molecule has 0 bridgehead atoms. The third kappa shape index (κ3) is 3.12. The lowest BCUT2D eigenvalue weighted by Crippen LogP contribution is -2.21. The van der Waals surface area contributed by atoms with Gasteiger partial charge in [-0.1, -0.05) is 18.9 Å². The summed E-state index contributed by atoms with van der Waals surface area (Å²) in [5.41, 5.74) is 1.01. The second kappa shape index (κ2) is 5.72. The van der Waals surface area contributed by atoms with Gasteiger partial charge < -0.3 is 4.74 Å². The van der Waals surface area contributed by atoms with E-state index in [9.17, 15) is 4.39 Å². The van der Waals surface area contributed by atoms with Gasteiger partial charge in [0.2, 0.25) is 0 Å². The minimum atomic E-state index is -0.285. The Kier molecular flexibility index (Phi) is 4.27. The molecule has 1 aliphatic carbocycles. The van der Waals surface area contributed by atoms with E-state index in [4.69, 9.17) is 16.3 Å². The molecule has 94 valence electrons. The van der Waals surface area contributed by atoms with Crippen LogP contribution in [0.4, 0.5) is 4.39 Å². The largest absolute Gasteiger partial charge is 0.494 e. The van der Waals surface area contributed by atoms with Gasteiger partial charge in [-0.05, 0) is 42.9 Å². The van der Waals surface area contributed by atoms with Crippen LogP contribution in [0, 0.1) is 11.7 Å². The molecule has 1 aromatic carbocycles. The first kappa shape index (κ1) is 12.7. The molecule has 0 radical (unpaired) electrons. The molecule has 17 heavy (non-hydrogen) atoms. The summed E-state index contributed by atoms with van der Waals surface area (Å²) in [6.07, 6.45) is 5.58. The van der Waals surface area contributed by atoms with Gasteiger partial charge in [-0.25, -0.2) is 4.39 Å². The molecule has 1 nitrogen and oxygen atoms in total. The number of alkyl halides is 1. The van der Waals surface area contributed by atoms with Gasteiger partial charge in [-0.2, -0.15) is 0 Å². The molecule has 2 rings (SSSR count). The second-order valence-corrected chi connectivity index (χ2v) is 5.29. The average Bonchev–Trinajstić information content (AvgIpc) is 2.32. The molecule has 0 aliphatic heterocycles. The molecular weight excluding hydrogens is 239 g/mol. The first-order valence-corrected chi connectivity index (χ1v) is 6.61. The van der Waals surface area contributed by atoms with Crippen LogP contribution < -0.4 is 4.74 Å². The van der Waals surface area contributed by atoms with Crippen LogP contribution in [0.15, 0.2) is 18.2 Å². The summed E-state index contributed by atoms with van der Waals surface area (Å²) in [5, 5.41) is 0.244. The Labute approximate surface area is 107 Å². The third-order valence-corrected chi connectivity index (χ3v) is 4.10. The van der Waals surface area contributed by atoms with E-state index >= 15 is 0 Å². The molecule has 0 amide bonds. The first-order valence-electron chi connectivity index (χ1n) is 6.17. The van der Waals surface area contributed by atoms with Crippen molar-refractivity contribution in [1.29, 1.82) is 0 Å². The zero-order chi connectivity index (χ0) is 12.3. The van der Waals surface area contributed by atoms with Crippen molar-refractivity contribution in [2.75, 3.05) is 7.11 Å². The predicted molar refractivity (Wildman–Crippen MR) is 68.3 cm³/mol. The van der Waals surface area contributed by atoms with Crippen molar-refractivity contribution < 1.29 is 9.13 Å². The highest BCUT2D eigenvalue weighted by Gasteiger charge is 2.23. The molecule has 3 heteroatoms. The Balaban J connectivity index is 2.05. The van der Waals surface area contributed by atoms with Crippen LogP contribution in [0.5, 0.6) is 5.75 Å². The standard InChI is InChI=1S/C14H18ClFO/c1-17-14-7-6-10(9-13(14)16)8-11-4-2-3-5-12(11)15/h6-7,9,11-12H,2-5,8H2,1H3. The molecule has 0 saturated heterocycles. The zero-order valence-electron chi connectivity index (χ0n) is 10.1. The Morgan fingerprint density at radius 3 is 2.76 bits per heavy atom. The molecule has 0 aromatic heterocycles. The molecular formula is C14H18ClFO. The highest BCUT2D eigenvalue weighted by molar-refractivity contribution is 6.20. The number of hydrogen-bond donors (Lipinski definition) is 0. The normalized spacial score (nSPS) is 24.6. The van der Waals surface area contributed by atoms with Crippen molar-refractivity contribution >= 4 is 11.6 Å². The van der Waals surface area contributed by atoms with Crippen molar-refractivity contribution in [2.45, 2.75) is 37.5 Å². The third-order valence-electron chi connectivity index (χ3n) is 3.53. The van der Waals surface area contributed by atoms with E-state index in [1.807, 2.05) is 6.07 Å². The molecule has 1 saturated carbocycles. The number of rotatable bonds is 3. The predicted octanol–water partition coefficient (Wildman–Crippen LogP) is 4.17. The average molecular weight is 257 g/mol. The number of halogens is 2. The zero-order valence-corrected chi connectivity index (χ0v) is 10.8. The number of ether oxygens (including phenoxy) is 1. The molecule has 1 aromatic rings. The van der Waals surface area contributed by atoms with Crippen LogP contribution in [-0.2, 0) is 6.42 Å². The topological polar surface area (TPSA) is 9.23 Å². The highest BCUT2D eigenvalue weighted by atomic mass is 35.5. The summed E-state index contributed by atoms with van der Waals surface area (Å²) in [7, 11) is 1.48. The van der Waals surface area contributed by atoms with Crippen molar-refractivity contribution in [2.24, 2.45) is 5.92 Å². The van der Waals surface area contributed by atoms with Crippen molar-refractivity contribution in [3.8, 4) is 5.75 Å². The monoisotopic (exact) mass is 256 g/mol. The second-order valence-electron chi connectivity index (χ2n) is 4.73. The molecule has 2 unspecified atom stereocenters. The molecule has 1 aliphatic rings. The fourth-order valence-corrected chi connectivity index (χ4v) is 2.90. The molecule has 0 N–H and O–H groups in total. The van der Waals surface area contributed by atoms with E-state index in [1.165, 1.54) is 20.0 Å². The summed E-state index contributed by atoms with van der Waals surface area (Å²) in [6, 6.07) is 5.19. The van der Waals surface area contributed by atoms with Crippen LogP contribution in [0.1, 0.15) is 31.2 Å². The van der Waals surface area contributed by atoms with E-state index in [-0.39, 0.29) is 11.2 Å². The lowest BCUT2D eigenvalue weighted by Gasteiger charge is -2.27. The van der Waals surface area contributed by atoms with Gasteiger partial charge in [0.1, 0.15) is 0 Å². The Morgan fingerprint density at radius 2 is 2.12 bits per heavy atom. The smallest absolute Gasteiger partial charge is 0.165 e. The van der Waals surface area contributed by atoms with Crippen LogP contribution in [-0.4, -0.2) is 12.5 Å². The Bertz CT molecular complexity index is 380. The first-order chi connectivity index (χ1) is 8.20. The maximum atomic E-state index is 13.5. The minimum Gasteiger partial charge on any atom is -0.494 e. The SMILES string of the molecule is COc1ccc(CC2CCCCC2Cl)cc1F. The number of benzene rings is 1. The maximum Gasteiger partial charge on any atom is 0.165 e. The van der Waals surface area contributed by atoms with E-state index in [2.05, 4.69) is 0 Å². The fraction of sp³-hybridized carbons (Fsp3) is 0.571. The summed E-state index contributed by atoms with van der Waals surface area (Å²) in [6.45, 7) is 0. The summed E-state index contributed by atoms with van der Waals surface area (Å²) in [4.78, 5) is 0. The van der Waals surface area contributed by atoms with Gasteiger partial charge in [0.05, 0.1) is 7.11 Å². The quantitative estimate of drug-likeness (QED) is 0.738. The molecule has 2 atom stereocenters. The van der Waals surface area contributed by atoms with Gasteiger partial charge in [-0.15, -0.1) is 11.6 Å². The van der Waals surface area contributed by atoms with Crippen molar-refractivity contribution in [1.82, 2.24) is 0 Å². The molecule has 0 spiro atoms.